The molecule has 1 aliphatic rings. The van der Waals surface area contributed by atoms with Gasteiger partial charge >= 0.3 is 5.97 Å². The Morgan fingerprint density at radius 1 is 1.50 bits per heavy atom. The number of hydrogen-bond donors (Lipinski definition) is 3. The van der Waals surface area contributed by atoms with Crippen LogP contribution in [0.4, 0.5) is 11.4 Å². The van der Waals surface area contributed by atoms with E-state index in [0.29, 0.717) is 17.8 Å². The van der Waals surface area contributed by atoms with Crippen LogP contribution in [0.3, 0.4) is 0 Å². The maximum Gasteiger partial charge on any atom is 0.337 e. The number of imide groups is 1. The molecular formula is C13H15N3O4. The zero-order valence-electron chi connectivity index (χ0n) is 10.9. The number of nitrogen functional groups attached to an aromatic ring is 1. The molecule has 1 aliphatic heterocycles. The minimum atomic E-state index is -1.15. The minimum Gasteiger partial charge on any atom is -0.478 e. The second kappa shape index (κ2) is 5.20. The van der Waals surface area contributed by atoms with Crippen molar-refractivity contribution in [1.82, 2.24) is 5.32 Å². The van der Waals surface area contributed by atoms with E-state index in [0.717, 1.165) is 0 Å². The Kier molecular flexibility index (Phi) is 3.60. The number of rotatable bonds is 3. The first-order chi connectivity index (χ1) is 9.43. The fourth-order valence-corrected chi connectivity index (χ4v) is 2.30. The van der Waals surface area contributed by atoms with Gasteiger partial charge in [0.2, 0.25) is 11.8 Å². The number of nitrogens with zero attached hydrogens (tertiary/aromatic N) is 1. The van der Waals surface area contributed by atoms with Gasteiger partial charge in [-0.3, -0.25) is 14.9 Å². The Morgan fingerprint density at radius 2 is 2.20 bits per heavy atom. The Labute approximate surface area is 115 Å². The van der Waals surface area contributed by atoms with Crippen molar-refractivity contribution < 1.29 is 19.5 Å². The van der Waals surface area contributed by atoms with E-state index in [2.05, 4.69) is 5.32 Å². The molecule has 0 bridgehead atoms. The lowest BCUT2D eigenvalue weighted by Crippen LogP contribution is -2.58. The van der Waals surface area contributed by atoms with Crippen molar-refractivity contribution in [2.45, 2.75) is 19.4 Å². The predicted molar refractivity (Wildman–Crippen MR) is 72.4 cm³/mol. The molecule has 0 radical (unpaired) electrons. The van der Waals surface area contributed by atoms with E-state index in [1.165, 1.54) is 17.0 Å². The van der Waals surface area contributed by atoms with Gasteiger partial charge in [-0.05, 0) is 24.6 Å². The molecule has 1 atom stereocenters. The van der Waals surface area contributed by atoms with Crippen molar-refractivity contribution in [2.24, 2.45) is 0 Å². The molecule has 0 aliphatic carbocycles. The lowest BCUT2D eigenvalue weighted by Gasteiger charge is -2.35. The van der Waals surface area contributed by atoms with Crippen LogP contribution in [-0.4, -0.2) is 35.5 Å². The van der Waals surface area contributed by atoms with Crippen LogP contribution < -0.4 is 16.0 Å². The number of carboxylic acids is 1. The largest absolute Gasteiger partial charge is 0.478 e. The first-order valence-corrected chi connectivity index (χ1v) is 6.17. The van der Waals surface area contributed by atoms with Gasteiger partial charge in [-0.15, -0.1) is 0 Å². The maximum absolute atomic E-state index is 11.8. The number of amides is 2. The second-order valence-electron chi connectivity index (χ2n) is 4.55. The van der Waals surface area contributed by atoms with E-state index in [9.17, 15) is 19.5 Å². The van der Waals surface area contributed by atoms with Crippen LogP contribution in [0.2, 0.25) is 0 Å². The standard InChI is InChI=1S/C13H15N3O4/c1-2-9-12(18)15-11(17)6-16(9)10-4-3-7(14)5-8(10)13(19)20/h3-5,9H,2,6,14H2,1H3,(H,19,20)(H,15,17,18). The zero-order chi connectivity index (χ0) is 14.9. The molecule has 2 amide bonds. The molecule has 1 fully saturated rings. The van der Waals surface area contributed by atoms with Crippen molar-refractivity contribution in [2.75, 3.05) is 17.2 Å². The summed E-state index contributed by atoms with van der Waals surface area (Å²) in [7, 11) is 0. The smallest absolute Gasteiger partial charge is 0.337 e. The average Bonchev–Trinajstić information content (AvgIpc) is 2.37. The third-order valence-corrected chi connectivity index (χ3v) is 3.20. The van der Waals surface area contributed by atoms with Crippen LogP contribution in [0.1, 0.15) is 23.7 Å². The van der Waals surface area contributed by atoms with Gasteiger partial charge in [-0.1, -0.05) is 6.92 Å². The molecule has 0 spiro atoms. The minimum absolute atomic E-state index is 0.0223. The fourth-order valence-electron chi connectivity index (χ4n) is 2.30. The van der Waals surface area contributed by atoms with Crippen LogP contribution in [-0.2, 0) is 9.59 Å². The van der Waals surface area contributed by atoms with Crippen molar-refractivity contribution in [3.63, 3.8) is 0 Å². The maximum atomic E-state index is 11.8. The number of hydrogen-bond acceptors (Lipinski definition) is 5. The van der Waals surface area contributed by atoms with E-state index in [-0.39, 0.29) is 12.1 Å². The monoisotopic (exact) mass is 277 g/mol. The molecule has 20 heavy (non-hydrogen) atoms. The van der Waals surface area contributed by atoms with Gasteiger partial charge < -0.3 is 15.7 Å². The number of piperazine rings is 1. The van der Waals surface area contributed by atoms with Crippen LogP contribution in [0.5, 0.6) is 0 Å². The summed E-state index contributed by atoms with van der Waals surface area (Å²) >= 11 is 0. The summed E-state index contributed by atoms with van der Waals surface area (Å²) in [5, 5.41) is 11.5. The molecule has 4 N–H and O–H groups in total. The Balaban J connectivity index is 2.50. The molecular weight excluding hydrogens is 262 g/mol. The summed E-state index contributed by atoms with van der Waals surface area (Å²) in [5.74, 6) is -2.02. The molecule has 1 saturated heterocycles. The Hall–Kier alpha value is -2.57. The summed E-state index contributed by atoms with van der Waals surface area (Å²) < 4.78 is 0. The van der Waals surface area contributed by atoms with Crippen molar-refractivity contribution in [1.29, 1.82) is 0 Å². The van der Waals surface area contributed by atoms with Gasteiger partial charge in [0.25, 0.3) is 0 Å². The number of carbonyl (C=O) groups excluding carboxylic acids is 2. The van der Waals surface area contributed by atoms with E-state index in [1.54, 1.807) is 13.0 Å². The first-order valence-electron chi connectivity index (χ1n) is 6.17. The van der Waals surface area contributed by atoms with E-state index < -0.39 is 23.8 Å². The van der Waals surface area contributed by atoms with Gasteiger partial charge in [0, 0.05) is 5.69 Å². The number of carbonyl (C=O) groups is 3. The van der Waals surface area contributed by atoms with Gasteiger partial charge in [-0.25, -0.2) is 4.79 Å². The van der Waals surface area contributed by atoms with Crippen LogP contribution in [0, 0.1) is 0 Å². The van der Waals surface area contributed by atoms with Gasteiger partial charge in [0.05, 0.1) is 17.8 Å². The summed E-state index contributed by atoms with van der Waals surface area (Å²) in [6.45, 7) is 1.74. The molecule has 1 unspecified atom stereocenters. The number of benzene rings is 1. The first kappa shape index (κ1) is 13.9. The quantitative estimate of drug-likeness (QED) is 0.537. The highest BCUT2D eigenvalue weighted by atomic mass is 16.4. The Bertz CT molecular complexity index is 585. The van der Waals surface area contributed by atoms with E-state index >= 15 is 0 Å². The van der Waals surface area contributed by atoms with E-state index in [1.807, 2.05) is 0 Å². The SMILES string of the molecule is CCC1C(=O)NC(=O)CN1c1ccc(N)cc1C(=O)O. The molecule has 1 aromatic rings. The summed E-state index contributed by atoms with van der Waals surface area (Å²) in [6, 6.07) is 3.81. The zero-order valence-corrected chi connectivity index (χ0v) is 10.9. The fraction of sp³-hybridized carbons (Fsp3) is 0.308. The average molecular weight is 277 g/mol. The molecule has 7 heteroatoms. The number of anilines is 2. The molecule has 2 rings (SSSR count). The van der Waals surface area contributed by atoms with Crippen molar-refractivity contribution in [3.8, 4) is 0 Å². The summed E-state index contributed by atoms with van der Waals surface area (Å²) in [4.78, 5) is 36.2. The molecule has 1 heterocycles. The molecule has 0 saturated carbocycles. The number of nitrogens with two attached hydrogens (primary N) is 1. The highest BCUT2D eigenvalue weighted by Crippen LogP contribution is 2.27. The predicted octanol–water partition coefficient (Wildman–Crippen LogP) is 0.208. The van der Waals surface area contributed by atoms with Crippen molar-refractivity contribution >= 4 is 29.2 Å². The van der Waals surface area contributed by atoms with E-state index in [4.69, 9.17) is 5.73 Å². The normalized spacial score (nSPS) is 18.9. The van der Waals surface area contributed by atoms with Gasteiger partial charge in [0.1, 0.15) is 6.04 Å². The highest BCUT2D eigenvalue weighted by Gasteiger charge is 2.34. The number of nitrogens with one attached hydrogen (secondary N) is 1. The molecule has 1 aromatic carbocycles. The number of aromatic carboxylic acids is 1. The number of carboxylic acid groups (broad SMARTS) is 1. The second-order valence-corrected chi connectivity index (χ2v) is 4.55. The lowest BCUT2D eigenvalue weighted by atomic mass is 10.0. The lowest BCUT2D eigenvalue weighted by molar-refractivity contribution is -0.132. The highest BCUT2D eigenvalue weighted by molar-refractivity contribution is 6.06. The third-order valence-electron chi connectivity index (χ3n) is 3.20. The third kappa shape index (κ3) is 2.42. The molecule has 0 aromatic heterocycles. The van der Waals surface area contributed by atoms with Crippen LogP contribution in [0.25, 0.3) is 0 Å². The van der Waals surface area contributed by atoms with Crippen molar-refractivity contribution in [3.05, 3.63) is 23.8 Å². The summed E-state index contributed by atoms with van der Waals surface area (Å²) in [5.41, 5.74) is 6.20. The molecule has 106 valence electrons. The van der Waals surface area contributed by atoms with Gasteiger partial charge in [0.15, 0.2) is 0 Å². The summed E-state index contributed by atoms with van der Waals surface area (Å²) in [6.07, 6.45) is 0.461. The molecule has 7 nitrogen and oxygen atoms in total. The van der Waals surface area contributed by atoms with Crippen LogP contribution in [0.15, 0.2) is 18.2 Å². The topological polar surface area (TPSA) is 113 Å². The Morgan fingerprint density at radius 3 is 2.80 bits per heavy atom. The van der Waals surface area contributed by atoms with Crippen LogP contribution >= 0.6 is 0 Å². The van der Waals surface area contributed by atoms with Gasteiger partial charge in [-0.2, -0.15) is 0 Å².